The van der Waals surface area contributed by atoms with Crippen molar-refractivity contribution in [3.8, 4) is 0 Å². The number of hydrogen-bond acceptors (Lipinski definition) is 3. The van der Waals surface area contributed by atoms with Crippen molar-refractivity contribution in [2.24, 2.45) is 0 Å². The largest absolute Gasteiger partial charge is 0.332 e. The lowest BCUT2D eigenvalue weighted by molar-refractivity contribution is -0.117. The molecule has 2 heterocycles. The molecular weight excluding hydrogens is 224 g/mol. The maximum absolute atomic E-state index is 11.1. The van der Waals surface area contributed by atoms with E-state index in [0.29, 0.717) is 23.8 Å². The lowest BCUT2D eigenvalue weighted by Crippen LogP contribution is -2.36. The first-order valence-electron chi connectivity index (χ1n) is 5.85. The molecule has 2 N–H and O–H groups in total. The van der Waals surface area contributed by atoms with Gasteiger partial charge in [-0.3, -0.25) is 0 Å². The summed E-state index contributed by atoms with van der Waals surface area (Å²) < 4.78 is 0. The zero-order valence-electron chi connectivity index (χ0n) is 9.49. The van der Waals surface area contributed by atoms with Gasteiger partial charge in [-0.25, -0.2) is 4.79 Å². The zero-order chi connectivity index (χ0) is 11.5. The molecule has 2 aliphatic rings. The number of amides is 2. The Bertz CT molecular complexity index is 296. The fraction of sp³-hybridized carbons (Fsp3) is 0.818. The Morgan fingerprint density at radius 2 is 2.25 bits per heavy atom. The van der Waals surface area contributed by atoms with Gasteiger partial charge in [0.15, 0.2) is 0 Å². The van der Waals surface area contributed by atoms with Gasteiger partial charge in [-0.2, -0.15) is 11.8 Å². The second kappa shape index (κ2) is 5.08. The standard InChI is InChI=1S/C11H18N2O2S/c1-7(14)4-2-3-5-9-10-8(6-16-9)12-11(15)13-10/h8-10H,2-6H2,1H3,(H2,12,13,15)/t8-,9-,10?/m1/s1. The predicted octanol–water partition coefficient (Wildman–Crippen LogP) is 1.30. The molecule has 2 saturated heterocycles. The molecule has 1 unspecified atom stereocenters. The summed E-state index contributed by atoms with van der Waals surface area (Å²) in [6, 6.07) is 0.592. The molecule has 2 fully saturated rings. The Morgan fingerprint density at radius 3 is 3.00 bits per heavy atom. The first kappa shape index (κ1) is 11.8. The molecule has 0 aromatic heterocycles. The normalized spacial score (nSPS) is 32.1. The Labute approximate surface area is 99.9 Å². The average molecular weight is 242 g/mol. The van der Waals surface area contributed by atoms with Crippen LogP contribution in [0.3, 0.4) is 0 Å². The van der Waals surface area contributed by atoms with E-state index in [2.05, 4.69) is 10.6 Å². The minimum Gasteiger partial charge on any atom is -0.332 e. The van der Waals surface area contributed by atoms with Crippen molar-refractivity contribution in [1.29, 1.82) is 0 Å². The minimum absolute atomic E-state index is 0.0240. The van der Waals surface area contributed by atoms with Crippen molar-refractivity contribution in [1.82, 2.24) is 10.6 Å². The molecule has 0 aromatic carbocycles. The van der Waals surface area contributed by atoms with Crippen LogP contribution in [0.15, 0.2) is 0 Å². The van der Waals surface area contributed by atoms with E-state index >= 15 is 0 Å². The number of carbonyl (C=O) groups is 2. The monoisotopic (exact) mass is 242 g/mol. The molecule has 0 radical (unpaired) electrons. The topological polar surface area (TPSA) is 58.2 Å². The maximum atomic E-state index is 11.1. The molecule has 4 nitrogen and oxygen atoms in total. The number of hydrogen-bond donors (Lipinski definition) is 2. The number of thioether (sulfide) groups is 1. The first-order chi connectivity index (χ1) is 7.66. The van der Waals surface area contributed by atoms with Gasteiger partial charge in [0.05, 0.1) is 12.1 Å². The Hall–Kier alpha value is -0.710. The molecule has 0 aromatic rings. The summed E-state index contributed by atoms with van der Waals surface area (Å²) in [6.07, 6.45) is 3.85. The van der Waals surface area contributed by atoms with Gasteiger partial charge in [-0.05, 0) is 19.8 Å². The highest BCUT2D eigenvalue weighted by molar-refractivity contribution is 8.00. The molecular formula is C11H18N2O2S. The smallest absolute Gasteiger partial charge is 0.315 e. The molecule has 16 heavy (non-hydrogen) atoms. The van der Waals surface area contributed by atoms with E-state index in [4.69, 9.17) is 0 Å². The van der Waals surface area contributed by atoms with Gasteiger partial charge in [-0.1, -0.05) is 6.42 Å². The number of carbonyl (C=O) groups excluding carboxylic acids is 2. The van der Waals surface area contributed by atoms with Crippen molar-refractivity contribution in [2.45, 2.75) is 49.9 Å². The highest BCUT2D eigenvalue weighted by atomic mass is 32.2. The summed E-state index contributed by atoms with van der Waals surface area (Å²) in [7, 11) is 0. The average Bonchev–Trinajstić information content (AvgIpc) is 2.72. The van der Waals surface area contributed by atoms with Gasteiger partial charge in [0.25, 0.3) is 0 Å². The zero-order valence-corrected chi connectivity index (χ0v) is 10.3. The van der Waals surface area contributed by atoms with E-state index in [1.165, 1.54) is 0 Å². The van der Waals surface area contributed by atoms with Crippen LogP contribution in [0.2, 0.25) is 0 Å². The number of urea groups is 1. The third-order valence-corrected chi connectivity index (χ3v) is 4.71. The predicted molar refractivity (Wildman–Crippen MR) is 64.6 cm³/mol. The SMILES string of the molecule is CC(=O)CCCC[C@H]1SC[C@H]2NC(=O)NC21. The quantitative estimate of drug-likeness (QED) is 0.564. The van der Waals surface area contributed by atoms with Gasteiger partial charge in [-0.15, -0.1) is 0 Å². The van der Waals surface area contributed by atoms with Crippen molar-refractivity contribution < 1.29 is 9.59 Å². The molecule has 2 rings (SSSR count). The van der Waals surface area contributed by atoms with Crippen LogP contribution in [0, 0.1) is 0 Å². The summed E-state index contributed by atoms with van der Waals surface area (Å²) in [4.78, 5) is 21.9. The number of ketones is 1. The van der Waals surface area contributed by atoms with Crippen molar-refractivity contribution >= 4 is 23.6 Å². The van der Waals surface area contributed by atoms with E-state index in [1.54, 1.807) is 6.92 Å². The van der Waals surface area contributed by atoms with Crippen LogP contribution in [-0.4, -0.2) is 34.9 Å². The highest BCUT2D eigenvalue weighted by Gasteiger charge is 2.42. The lowest BCUT2D eigenvalue weighted by atomic mass is 10.0. The van der Waals surface area contributed by atoms with Crippen LogP contribution >= 0.6 is 11.8 Å². The Kier molecular flexibility index (Phi) is 3.74. The van der Waals surface area contributed by atoms with Crippen molar-refractivity contribution in [3.05, 3.63) is 0 Å². The van der Waals surface area contributed by atoms with Crippen LogP contribution < -0.4 is 10.6 Å². The van der Waals surface area contributed by atoms with Crippen LogP contribution in [0.1, 0.15) is 32.6 Å². The number of rotatable bonds is 5. The van der Waals surface area contributed by atoms with E-state index in [0.717, 1.165) is 25.0 Å². The van der Waals surface area contributed by atoms with Gasteiger partial charge in [0.1, 0.15) is 5.78 Å². The van der Waals surface area contributed by atoms with Crippen LogP contribution in [-0.2, 0) is 4.79 Å². The van der Waals surface area contributed by atoms with Gasteiger partial charge < -0.3 is 15.4 Å². The van der Waals surface area contributed by atoms with E-state index in [-0.39, 0.29) is 11.8 Å². The summed E-state index contributed by atoms with van der Waals surface area (Å²) in [6.45, 7) is 1.64. The number of fused-ring (bicyclic) bond motifs is 1. The molecule has 90 valence electrons. The molecule has 0 spiro atoms. The molecule has 0 aliphatic carbocycles. The van der Waals surface area contributed by atoms with E-state index < -0.39 is 0 Å². The summed E-state index contributed by atoms with van der Waals surface area (Å²) >= 11 is 1.93. The van der Waals surface area contributed by atoms with E-state index in [9.17, 15) is 9.59 Å². The van der Waals surface area contributed by atoms with Gasteiger partial charge >= 0.3 is 6.03 Å². The van der Waals surface area contributed by atoms with Crippen molar-refractivity contribution in [2.75, 3.05) is 5.75 Å². The Morgan fingerprint density at radius 1 is 1.44 bits per heavy atom. The molecule has 5 heteroatoms. The number of unbranched alkanes of at least 4 members (excludes halogenated alkanes) is 1. The number of nitrogens with one attached hydrogen (secondary N) is 2. The second-order valence-electron chi connectivity index (χ2n) is 4.57. The van der Waals surface area contributed by atoms with Crippen molar-refractivity contribution in [3.63, 3.8) is 0 Å². The molecule has 3 atom stereocenters. The highest BCUT2D eigenvalue weighted by Crippen LogP contribution is 2.33. The summed E-state index contributed by atoms with van der Waals surface area (Å²) in [5.41, 5.74) is 0. The van der Waals surface area contributed by atoms with Gasteiger partial charge in [0, 0.05) is 17.4 Å². The molecule has 2 aliphatic heterocycles. The molecule has 0 bridgehead atoms. The van der Waals surface area contributed by atoms with Crippen LogP contribution in [0.4, 0.5) is 4.79 Å². The lowest BCUT2D eigenvalue weighted by Gasteiger charge is -2.16. The summed E-state index contributed by atoms with van der Waals surface area (Å²) in [5, 5.41) is 6.43. The first-order valence-corrected chi connectivity index (χ1v) is 6.90. The third kappa shape index (κ3) is 2.70. The summed E-state index contributed by atoms with van der Waals surface area (Å²) in [5.74, 6) is 1.29. The minimum atomic E-state index is -0.0240. The molecule has 2 amide bonds. The second-order valence-corrected chi connectivity index (χ2v) is 5.84. The fourth-order valence-electron chi connectivity index (χ4n) is 2.36. The van der Waals surface area contributed by atoms with Crippen LogP contribution in [0.5, 0.6) is 0 Å². The fourth-order valence-corrected chi connectivity index (χ4v) is 3.91. The van der Waals surface area contributed by atoms with E-state index in [1.807, 2.05) is 11.8 Å². The van der Waals surface area contributed by atoms with Crippen LogP contribution in [0.25, 0.3) is 0 Å². The Balaban J connectivity index is 1.70. The maximum Gasteiger partial charge on any atom is 0.315 e. The molecule has 0 saturated carbocycles. The van der Waals surface area contributed by atoms with Gasteiger partial charge in [0.2, 0.25) is 0 Å². The third-order valence-electron chi connectivity index (χ3n) is 3.21. The number of Topliss-reactive ketones (excluding diaryl/α,β-unsaturated/α-hetero) is 1.